The molecule has 0 aliphatic rings. The third-order valence-corrected chi connectivity index (χ3v) is 5.10. The molecule has 0 heterocycles. The van der Waals surface area contributed by atoms with Gasteiger partial charge in [-0.15, -0.1) is 0 Å². The summed E-state index contributed by atoms with van der Waals surface area (Å²) >= 11 is 0. The van der Waals surface area contributed by atoms with E-state index in [0.717, 1.165) is 46.7 Å². The molecule has 0 radical (unpaired) electrons. The number of nitrogens with two attached hydrogens (primary N) is 1. The molecule has 4 heteroatoms. The van der Waals surface area contributed by atoms with Gasteiger partial charge in [0.2, 0.25) is 0 Å². The largest absolute Gasteiger partial charge is 0.496 e. The zero-order chi connectivity index (χ0) is 20.6. The van der Waals surface area contributed by atoms with Gasteiger partial charge < -0.3 is 15.4 Å². The average molecular weight is 390 g/mol. The van der Waals surface area contributed by atoms with Crippen LogP contribution in [0.3, 0.4) is 0 Å². The van der Waals surface area contributed by atoms with E-state index in [0.29, 0.717) is 0 Å². The van der Waals surface area contributed by atoms with Crippen LogP contribution in [0.4, 0.5) is 5.69 Å². The standard InChI is InChI=1S/C25H28N2O2/c1-18-13-14-19(2)22(17-18)27-25(28)24(21-10-5-4-6-11-21)26-16-15-20-9-7-8-12-23(20)29-3/h4-14,17,24,26H,15-16H2,1-3H3,(H,27,28)/p+1/t24-/m1/s1. The highest BCUT2D eigenvalue weighted by Crippen LogP contribution is 2.19. The Hall–Kier alpha value is -3.11. The van der Waals surface area contributed by atoms with E-state index in [2.05, 4.69) is 22.8 Å². The molecule has 0 bridgehead atoms. The molecule has 3 N–H and O–H groups in total. The Kier molecular flexibility index (Phi) is 7.04. The van der Waals surface area contributed by atoms with Gasteiger partial charge in [0.25, 0.3) is 5.91 Å². The number of para-hydroxylation sites is 1. The van der Waals surface area contributed by atoms with Gasteiger partial charge in [0.05, 0.1) is 13.7 Å². The van der Waals surface area contributed by atoms with Crippen LogP contribution in [-0.2, 0) is 11.2 Å². The lowest BCUT2D eigenvalue weighted by Crippen LogP contribution is -2.87. The van der Waals surface area contributed by atoms with Crippen molar-refractivity contribution >= 4 is 11.6 Å². The van der Waals surface area contributed by atoms with E-state index in [1.54, 1.807) is 7.11 Å². The first kappa shape index (κ1) is 20.6. The van der Waals surface area contributed by atoms with Crippen molar-refractivity contribution in [3.63, 3.8) is 0 Å². The van der Waals surface area contributed by atoms with Crippen molar-refractivity contribution in [3.8, 4) is 5.75 Å². The number of ether oxygens (including phenoxy) is 1. The zero-order valence-electron chi connectivity index (χ0n) is 17.3. The number of carbonyl (C=O) groups excluding carboxylic acids is 1. The normalized spacial score (nSPS) is 11.7. The topological polar surface area (TPSA) is 54.9 Å². The van der Waals surface area contributed by atoms with E-state index in [-0.39, 0.29) is 11.9 Å². The summed E-state index contributed by atoms with van der Waals surface area (Å²) in [6.07, 6.45) is 0.824. The lowest BCUT2D eigenvalue weighted by Gasteiger charge is -2.17. The van der Waals surface area contributed by atoms with Gasteiger partial charge in [0.1, 0.15) is 5.75 Å². The number of rotatable bonds is 8. The van der Waals surface area contributed by atoms with Crippen molar-refractivity contribution in [1.29, 1.82) is 0 Å². The number of carbonyl (C=O) groups is 1. The van der Waals surface area contributed by atoms with Crippen molar-refractivity contribution in [1.82, 2.24) is 0 Å². The maximum Gasteiger partial charge on any atom is 0.287 e. The maximum absolute atomic E-state index is 13.2. The first-order chi connectivity index (χ1) is 14.1. The van der Waals surface area contributed by atoms with E-state index in [9.17, 15) is 4.79 Å². The molecule has 0 aliphatic carbocycles. The van der Waals surface area contributed by atoms with Crippen LogP contribution in [0, 0.1) is 13.8 Å². The number of hydrogen-bond acceptors (Lipinski definition) is 2. The molecule has 29 heavy (non-hydrogen) atoms. The number of aryl methyl sites for hydroxylation is 2. The van der Waals surface area contributed by atoms with E-state index in [4.69, 9.17) is 4.74 Å². The van der Waals surface area contributed by atoms with Crippen molar-refractivity contribution in [2.45, 2.75) is 26.3 Å². The van der Waals surface area contributed by atoms with Gasteiger partial charge in [0, 0.05) is 17.7 Å². The molecule has 150 valence electrons. The highest BCUT2D eigenvalue weighted by molar-refractivity contribution is 5.95. The minimum atomic E-state index is -0.314. The second-order valence-electron chi connectivity index (χ2n) is 7.28. The van der Waals surface area contributed by atoms with Gasteiger partial charge in [0.15, 0.2) is 6.04 Å². The van der Waals surface area contributed by atoms with E-state index in [1.807, 2.05) is 74.5 Å². The summed E-state index contributed by atoms with van der Waals surface area (Å²) in [4.78, 5) is 13.2. The van der Waals surface area contributed by atoms with Crippen molar-refractivity contribution in [2.75, 3.05) is 19.0 Å². The van der Waals surface area contributed by atoms with Crippen molar-refractivity contribution < 1.29 is 14.8 Å². The minimum absolute atomic E-state index is 0.00933. The molecule has 0 spiro atoms. The monoisotopic (exact) mass is 389 g/mol. The number of hydrogen-bond donors (Lipinski definition) is 2. The smallest absolute Gasteiger partial charge is 0.287 e. The fraction of sp³-hybridized carbons (Fsp3) is 0.240. The SMILES string of the molecule is COc1ccccc1CC[NH2+][C@@H](C(=O)Nc1cc(C)ccc1C)c1ccccc1. The van der Waals surface area contributed by atoms with Crippen LogP contribution < -0.4 is 15.4 Å². The van der Waals surface area contributed by atoms with Crippen LogP contribution in [0.5, 0.6) is 5.75 Å². The highest BCUT2D eigenvalue weighted by Gasteiger charge is 2.24. The Balaban J connectivity index is 1.74. The minimum Gasteiger partial charge on any atom is -0.496 e. The summed E-state index contributed by atoms with van der Waals surface area (Å²) < 4.78 is 5.45. The molecule has 0 aliphatic heterocycles. The summed E-state index contributed by atoms with van der Waals surface area (Å²) in [5.41, 5.74) is 5.20. The number of benzene rings is 3. The predicted molar refractivity (Wildman–Crippen MR) is 117 cm³/mol. The van der Waals surface area contributed by atoms with Crippen LogP contribution >= 0.6 is 0 Å². The molecular formula is C25H29N2O2+. The Morgan fingerprint density at radius 2 is 1.72 bits per heavy atom. The zero-order valence-corrected chi connectivity index (χ0v) is 17.3. The van der Waals surface area contributed by atoms with Gasteiger partial charge in [-0.25, -0.2) is 0 Å². The fourth-order valence-corrected chi connectivity index (χ4v) is 3.45. The van der Waals surface area contributed by atoms with Crippen molar-refractivity contribution in [2.24, 2.45) is 0 Å². The molecule has 0 aromatic heterocycles. The van der Waals surface area contributed by atoms with Gasteiger partial charge >= 0.3 is 0 Å². The Morgan fingerprint density at radius 1 is 1.00 bits per heavy atom. The van der Waals surface area contributed by atoms with Gasteiger partial charge in [-0.2, -0.15) is 0 Å². The number of nitrogens with one attached hydrogen (secondary N) is 1. The summed E-state index contributed by atoms with van der Waals surface area (Å²) in [6, 6.07) is 23.7. The average Bonchev–Trinajstić information content (AvgIpc) is 2.74. The molecule has 0 saturated heterocycles. The van der Waals surface area contributed by atoms with E-state index < -0.39 is 0 Å². The second-order valence-corrected chi connectivity index (χ2v) is 7.28. The Labute approximate surface area is 172 Å². The molecule has 1 amide bonds. The number of anilines is 1. The van der Waals surface area contributed by atoms with Crippen LogP contribution in [0.15, 0.2) is 72.8 Å². The van der Waals surface area contributed by atoms with Crippen LogP contribution in [0.25, 0.3) is 0 Å². The predicted octanol–water partition coefficient (Wildman–Crippen LogP) is 3.80. The van der Waals surface area contributed by atoms with E-state index in [1.165, 1.54) is 0 Å². The number of methoxy groups -OCH3 is 1. The van der Waals surface area contributed by atoms with Crippen LogP contribution in [0.1, 0.15) is 28.3 Å². The highest BCUT2D eigenvalue weighted by atomic mass is 16.5. The maximum atomic E-state index is 13.2. The first-order valence-electron chi connectivity index (χ1n) is 9.97. The van der Waals surface area contributed by atoms with Crippen LogP contribution in [0.2, 0.25) is 0 Å². The first-order valence-corrected chi connectivity index (χ1v) is 9.97. The molecule has 3 aromatic carbocycles. The lowest BCUT2D eigenvalue weighted by atomic mass is 10.0. The Morgan fingerprint density at radius 3 is 2.48 bits per heavy atom. The summed E-state index contributed by atoms with van der Waals surface area (Å²) in [6.45, 7) is 4.82. The van der Waals surface area contributed by atoms with E-state index >= 15 is 0 Å². The molecule has 3 aromatic rings. The molecule has 0 fully saturated rings. The molecule has 3 rings (SSSR count). The fourth-order valence-electron chi connectivity index (χ4n) is 3.45. The molecule has 0 saturated carbocycles. The molecule has 4 nitrogen and oxygen atoms in total. The van der Waals surface area contributed by atoms with Gasteiger partial charge in [-0.3, -0.25) is 4.79 Å². The van der Waals surface area contributed by atoms with Crippen molar-refractivity contribution in [3.05, 3.63) is 95.1 Å². The Bertz CT molecular complexity index is 954. The third-order valence-electron chi connectivity index (χ3n) is 5.10. The number of amides is 1. The van der Waals surface area contributed by atoms with Gasteiger partial charge in [-0.05, 0) is 42.7 Å². The quantitative estimate of drug-likeness (QED) is 0.616. The second kappa shape index (κ2) is 9.89. The molecular weight excluding hydrogens is 360 g/mol. The summed E-state index contributed by atoms with van der Waals surface area (Å²) in [5.74, 6) is 0.877. The molecule has 0 unspecified atom stereocenters. The number of quaternary nitrogens is 1. The summed E-state index contributed by atoms with van der Waals surface area (Å²) in [7, 11) is 1.69. The van der Waals surface area contributed by atoms with Crippen LogP contribution in [-0.4, -0.2) is 19.6 Å². The molecule has 1 atom stereocenters. The summed E-state index contributed by atoms with van der Waals surface area (Å²) in [5, 5.41) is 5.23. The third kappa shape index (κ3) is 5.46. The van der Waals surface area contributed by atoms with Gasteiger partial charge in [-0.1, -0.05) is 60.7 Å². The lowest BCUT2D eigenvalue weighted by molar-refractivity contribution is -0.682.